The van der Waals surface area contributed by atoms with E-state index in [9.17, 15) is 0 Å². The van der Waals surface area contributed by atoms with Crippen LogP contribution in [-0.4, -0.2) is 5.71 Å². The highest BCUT2D eigenvalue weighted by Gasteiger charge is 2.35. The summed E-state index contributed by atoms with van der Waals surface area (Å²) in [6.07, 6.45) is 2.28. The van der Waals surface area contributed by atoms with E-state index in [0.29, 0.717) is 11.2 Å². The fraction of sp³-hybridized carbons (Fsp3) is 0.174. The zero-order chi connectivity index (χ0) is 17.5. The molecule has 0 N–H and O–H groups in total. The van der Waals surface area contributed by atoms with Gasteiger partial charge >= 0.3 is 0 Å². The second-order valence-corrected chi connectivity index (χ2v) is 8.96. The average molecular weight is 420 g/mol. The smallest absolute Gasteiger partial charge is 0.0769 e. The highest BCUT2D eigenvalue weighted by Crippen LogP contribution is 2.51. The molecule has 0 saturated carbocycles. The Morgan fingerprint density at radius 1 is 0.885 bits per heavy atom. The number of para-hydroxylation sites is 1. The first-order valence-electron chi connectivity index (χ1n) is 8.97. The van der Waals surface area contributed by atoms with Crippen LogP contribution in [0.5, 0.6) is 0 Å². The van der Waals surface area contributed by atoms with Gasteiger partial charge in [0.15, 0.2) is 0 Å². The molecule has 0 spiro atoms. The van der Waals surface area contributed by atoms with E-state index in [4.69, 9.17) is 4.99 Å². The Bertz CT molecular complexity index is 993. The predicted octanol–water partition coefficient (Wildman–Crippen LogP) is 6.98. The molecule has 5 rings (SSSR count). The number of hydrogen-bond donors (Lipinski definition) is 0. The standard InChI is InChI=1S/C23H18BrNS/c24-17-12-9-16(10-13-17)23-19-14-11-15-5-1-2-6-18(15)22(19)25-20-7-3-4-8-21(20)26-23/h1-10,12-13,19,23H,11,14H2/t19-,23-/m0/s1. The van der Waals surface area contributed by atoms with Gasteiger partial charge in [0, 0.05) is 20.5 Å². The van der Waals surface area contributed by atoms with Crippen molar-refractivity contribution >= 4 is 39.1 Å². The van der Waals surface area contributed by atoms with Crippen LogP contribution in [0, 0.1) is 5.92 Å². The first-order chi connectivity index (χ1) is 12.8. The quantitative estimate of drug-likeness (QED) is 0.414. The van der Waals surface area contributed by atoms with Crippen molar-refractivity contribution in [3.8, 4) is 0 Å². The van der Waals surface area contributed by atoms with Gasteiger partial charge in [0.2, 0.25) is 0 Å². The minimum absolute atomic E-state index is 0.388. The third-order valence-corrected chi connectivity index (χ3v) is 7.28. The molecule has 26 heavy (non-hydrogen) atoms. The number of hydrogen-bond acceptors (Lipinski definition) is 2. The molecule has 0 amide bonds. The van der Waals surface area contributed by atoms with Gasteiger partial charge in [-0.1, -0.05) is 64.5 Å². The van der Waals surface area contributed by atoms with E-state index in [2.05, 4.69) is 88.7 Å². The number of halogens is 1. The van der Waals surface area contributed by atoms with E-state index in [-0.39, 0.29) is 0 Å². The molecule has 1 aliphatic carbocycles. The van der Waals surface area contributed by atoms with E-state index in [1.54, 1.807) is 0 Å². The van der Waals surface area contributed by atoms with Gasteiger partial charge in [0.05, 0.1) is 11.4 Å². The molecule has 1 heterocycles. The van der Waals surface area contributed by atoms with Crippen LogP contribution in [0.3, 0.4) is 0 Å². The molecule has 0 fully saturated rings. The summed E-state index contributed by atoms with van der Waals surface area (Å²) in [4.78, 5) is 6.46. The lowest BCUT2D eigenvalue weighted by molar-refractivity contribution is 0.597. The van der Waals surface area contributed by atoms with Crippen LogP contribution in [0.1, 0.15) is 28.4 Å². The lowest BCUT2D eigenvalue weighted by Crippen LogP contribution is -2.27. The zero-order valence-corrected chi connectivity index (χ0v) is 16.6. The van der Waals surface area contributed by atoms with Gasteiger partial charge in [0.25, 0.3) is 0 Å². The van der Waals surface area contributed by atoms with Crippen molar-refractivity contribution in [2.45, 2.75) is 23.0 Å². The van der Waals surface area contributed by atoms with Crippen molar-refractivity contribution in [2.24, 2.45) is 10.9 Å². The Morgan fingerprint density at radius 3 is 2.54 bits per heavy atom. The number of aliphatic imine (C=N–C) groups is 1. The van der Waals surface area contributed by atoms with E-state index < -0.39 is 0 Å². The highest BCUT2D eigenvalue weighted by molar-refractivity contribution is 9.10. The molecule has 0 saturated heterocycles. The molecule has 3 aromatic rings. The summed E-state index contributed by atoms with van der Waals surface area (Å²) >= 11 is 5.54. The van der Waals surface area contributed by atoms with Gasteiger partial charge < -0.3 is 0 Å². The van der Waals surface area contributed by atoms with Crippen LogP contribution in [0.2, 0.25) is 0 Å². The first kappa shape index (κ1) is 16.3. The molecule has 0 bridgehead atoms. The number of thioether (sulfide) groups is 1. The topological polar surface area (TPSA) is 12.4 Å². The van der Waals surface area contributed by atoms with E-state index in [1.807, 2.05) is 11.8 Å². The number of nitrogens with zero attached hydrogens (tertiary/aromatic N) is 1. The number of benzene rings is 3. The SMILES string of the molecule is Brc1ccc([C@@H]2Sc3ccccc3N=C3c4ccccc4CC[C@@H]32)cc1. The lowest BCUT2D eigenvalue weighted by atomic mass is 9.78. The number of fused-ring (bicyclic) bond motifs is 4. The third-order valence-electron chi connectivity index (χ3n) is 5.29. The van der Waals surface area contributed by atoms with Crippen LogP contribution in [-0.2, 0) is 6.42 Å². The molecule has 0 aromatic heterocycles. The maximum Gasteiger partial charge on any atom is 0.0769 e. The summed E-state index contributed by atoms with van der Waals surface area (Å²) in [7, 11) is 0. The van der Waals surface area contributed by atoms with Crippen molar-refractivity contribution in [2.75, 3.05) is 0 Å². The van der Waals surface area contributed by atoms with Crippen molar-refractivity contribution in [3.63, 3.8) is 0 Å². The third kappa shape index (κ3) is 2.83. The molecule has 3 heteroatoms. The Hall–Kier alpha value is -1.84. The molecular weight excluding hydrogens is 402 g/mol. The first-order valence-corrected chi connectivity index (χ1v) is 10.6. The van der Waals surface area contributed by atoms with Gasteiger partial charge in [-0.2, -0.15) is 0 Å². The Kier molecular flexibility index (Phi) is 4.22. The lowest BCUT2D eigenvalue weighted by Gasteiger charge is -2.31. The van der Waals surface area contributed by atoms with Gasteiger partial charge in [-0.15, -0.1) is 11.8 Å². The van der Waals surface area contributed by atoms with Gasteiger partial charge in [-0.25, -0.2) is 0 Å². The summed E-state index contributed by atoms with van der Waals surface area (Å²) in [6, 6.07) is 26.2. The summed E-state index contributed by atoms with van der Waals surface area (Å²) in [5, 5.41) is 0.388. The van der Waals surface area contributed by atoms with E-state index >= 15 is 0 Å². The van der Waals surface area contributed by atoms with Crippen LogP contribution < -0.4 is 0 Å². The Labute approximate surface area is 166 Å². The molecule has 0 radical (unpaired) electrons. The van der Waals surface area contributed by atoms with Gasteiger partial charge in [-0.3, -0.25) is 4.99 Å². The minimum Gasteiger partial charge on any atom is -0.251 e. The minimum atomic E-state index is 0.388. The van der Waals surface area contributed by atoms with Crippen molar-refractivity contribution in [1.82, 2.24) is 0 Å². The number of rotatable bonds is 1. The summed E-state index contributed by atoms with van der Waals surface area (Å²) < 4.78 is 1.13. The molecule has 0 unspecified atom stereocenters. The summed E-state index contributed by atoms with van der Waals surface area (Å²) in [6.45, 7) is 0. The summed E-state index contributed by atoms with van der Waals surface area (Å²) in [5.74, 6) is 0.434. The Morgan fingerprint density at radius 2 is 1.65 bits per heavy atom. The van der Waals surface area contributed by atoms with Crippen LogP contribution >= 0.6 is 27.7 Å². The molecule has 2 aliphatic rings. The maximum absolute atomic E-state index is 5.18. The van der Waals surface area contributed by atoms with E-state index in [1.165, 1.54) is 27.3 Å². The zero-order valence-electron chi connectivity index (χ0n) is 14.2. The highest BCUT2D eigenvalue weighted by atomic mass is 79.9. The molecular formula is C23H18BrNS. The molecule has 2 atom stereocenters. The summed E-state index contributed by atoms with van der Waals surface area (Å²) in [5.41, 5.74) is 6.52. The van der Waals surface area contributed by atoms with Crippen molar-refractivity contribution < 1.29 is 0 Å². The fourth-order valence-electron chi connectivity index (χ4n) is 4.02. The van der Waals surface area contributed by atoms with Crippen molar-refractivity contribution in [1.29, 1.82) is 0 Å². The fourth-order valence-corrected chi connectivity index (χ4v) is 5.68. The predicted molar refractivity (Wildman–Crippen MR) is 114 cm³/mol. The molecule has 3 aromatic carbocycles. The average Bonchev–Trinajstić information content (AvgIpc) is 2.85. The largest absolute Gasteiger partial charge is 0.251 e. The van der Waals surface area contributed by atoms with Gasteiger partial charge in [0.1, 0.15) is 0 Å². The van der Waals surface area contributed by atoms with Crippen LogP contribution in [0.25, 0.3) is 0 Å². The molecule has 1 aliphatic heterocycles. The normalized spacial score (nSPS) is 21.0. The van der Waals surface area contributed by atoms with Crippen molar-refractivity contribution in [3.05, 3.63) is 94.0 Å². The second-order valence-electron chi connectivity index (χ2n) is 6.86. The monoisotopic (exact) mass is 419 g/mol. The Balaban J connectivity index is 1.70. The maximum atomic E-state index is 5.18. The van der Waals surface area contributed by atoms with Crippen LogP contribution in [0.4, 0.5) is 5.69 Å². The second kappa shape index (κ2) is 6.71. The van der Waals surface area contributed by atoms with E-state index in [0.717, 1.165) is 23.0 Å². The number of aryl methyl sites for hydroxylation is 1. The molecule has 1 nitrogen and oxygen atoms in total. The van der Waals surface area contributed by atoms with Crippen LogP contribution in [0.15, 0.2) is 87.2 Å². The van der Waals surface area contributed by atoms with Gasteiger partial charge in [-0.05, 0) is 53.8 Å². The molecule has 128 valence electrons.